The van der Waals surface area contributed by atoms with Gasteiger partial charge in [0.25, 0.3) is 0 Å². The van der Waals surface area contributed by atoms with Crippen LogP contribution >= 0.6 is 0 Å². The van der Waals surface area contributed by atoms with E-state index < -0.39 is 0 Å². The van der Waals surface area contributed by atoms with Crippen molar-refractivity contribution in [3.63, 3.8) is 0 Å². The average molecular weight is 246 g/mol. The lowest BCUT2D eigenvalue weighted by Gasteiger charge is -2.07. The van der Waals surface area contributed by atoms with Crippen LogP contribution in [0.4, 0.5) is 0 Å². The van der Waals surface area contributed by atoms with Crippen LogP contribution < -0.4 is 0 Å². The summed E-state index contributed by atoms with van der Waals surface area (Å²) in [4.78, 5) is 0. The fraction of sp³-hybridized carbons (Fsp3) is 0.118. The number of nitrogens with zero attached hydrogens (tertiary/aromatic N) is 2. The minimum Gasteiger partial charge on any atom is -0.260 e. The van der Waals surface area contributed by atoms with Gasteiger partial charge in [-0.25, -0.2) is 0 Å². The Morgan fingerprint density at radius 2 is 1.68 bits per heavy atom. The van der Waals surface area contributed by atoms with Gasteiger partial charge >= 0.3 is 0 Å². The number of benzene rings is 2. The molecule has 0 spiro atoms. The topological polar surface area (TPSA) is 17.8 Å². The fourth-order valence-electron chi connectivity index (χ4n) is 2.85. The van der Waals surface area contributed by atoms with Gasteiger partial charge in [-0.05, 0) is 11.1 Å². The van der Waals surface area contributed by atoms with Gasteiger partial charge in [0.15, 0.2) is 0 Å². The number of rotatable bonds is 2. The Hall–Kier alpha value is -2.35. The van der Waals surface area contributed by atoms with E-state index in [1.165, 1.54) is 27.9 Å². The third kappa shape index (κ3) is 1.68. The van der Waals surface area contributed by atoms with E-state index in [1.807, 2.05) is 12.3 Å². The molecule has 1 aliphatic rings. The lowest BCUT2D eigenvalue weighted by atomic mass is 10.1. The lowest BCUT2D eigenvalue weighted by molar-refractivity contribution is 0.694. The van der Waals surface area contributed by atoms with E-state index in [0.29, 0.717) is 0 Å². The Morgan fingerprint density at radius 1 is 0.895 bits per heavy atom. The van der Waals surface area contributed by atoms with Gasteiger partial charge in [0.1, 0.15) is 0 Å². The molecule has 0 unspecified atom stereocenters. The average Bonchev–Trinajstić information content (AvgIpc) is 3.00. The first-order valence-corrected chi connectivity index (χ1v) is 6.59. The maximum atomic E-state index is 4.55. The Bertz CT molecular complexity index is 726. The van der Waals surface area contributed by atoms with E-state index in [4.69, 9.17) is 0 Å². The van der Waals surface area contributed by atoms with Crippen molar-refractivity contribution in [3.05, 3.63) is 77.5 Å². The summed E-state index contributed by atoms with van der Waals surface area (Å²) in [6.07, 6.45) is 3.03. The molecule has 2 aromatic carbocycles. The summed E-state index contributed by atoms with van der Waals surface area (Å²) < 4.78 is 2.12. The predicted octanol–water partition coefficient (Wildman–Crippen LogP) is 3.50. The van der Waals surface area contributed by atoms with Crippen LogP contribution in [0.1, 0.15) is 16.7 Å². The van der Waals surface area contributed by atoms with E-state index in [-0.39, 0.29) is 0 Å². The van der Waals surface area contributed by atoms with Crippen molar-refractivity contribution in [2.75, 3.05) is 0 Å². The van der Waals surface area contributed by atoms with E-state index in [9.17, 15) is 0 Å². The summed E-state index contributed by atoms with van der Waals surface area (Å²) in [6.45, 7) is 0.838. The molecule has 0 atom stereocenters. The van der Waals surface area contributed by atoms with Crippen LogP contribution in [-0.2, 0) is 13.0 Å². The van der Waals surface area contributed by atoms with Gasteiger partial charge in [-0.1, -0.05) is 54.6 Å². The number of hydrogen-bond donors (Lipinski definition) is 0. The molecule has 0 N–H and O–H groups in total. The number of fused-ring (bicyclic) bond motifs is 3. The molecule has 0 saturated heterocycles. The largest absolute Gasteiger partial charge is 0.260 e. The first kappa shape index (κ1) is 10.6. The molecule has 0 radical (unpaired) electrons. The summed E-state index contributed by atoms with van der Waals surface area (Å²) in [5.41, 5.74) is 6.68. The molecule has 92 valence electrons. The normalized spacial score (nSPS) is 12.2. The van der Waals surface area contributed by atoms with Crippen molar-refractivity contribution < 1.29 is 0 Å². The van der Waals surface area contributed by atoms with Crippen LogP contribution in [0.15, 0.2) is 60.8 Å². The van der Waals surface area contributed by atoms with Gasteiger partial charge in [0, 0.05) is 17.5 Å². The molecule has 4 rings (SSSR count). The van der Waals surface area contributed by atoms with Crippen LogP contribution in [0.2, 0.25) is 0 Å². The second-order valence-electron chi connectivity index (χ2n) is 5.00. The Labute approximate surface area is 112 Å². The fourth-order valence-corrected chi connectivity index (χ4v) is 2.85. The summed E-state index contributed by atoms with van der Waals surface area (Å²) in [6, 6.07) is 19.1. The highest BCUT2D eigenvalue weighted by Gasteiger charge is 2.22. The third-order valence-corrected chi connectivity index (χ3v) is 3.74. The van der Waals surface area contributed by atoms with Gasteiger partial charge in [-0.2, -0.15) is 5.10 Å². The zero-order chi connectivity index (χ0) is 12.7. The number of hydrogen-bond acceptors (Lipinski definition) is 1. The quantitative estimate of drug-likeness (QED) is 0.529. The molecule has 0 aliphatic heterocycles. The SMILES string of the molecule is c1ccc(Cn2ncc3c2-c2ccccc2C3)cc1. The van der Waals surface area contributed by atoms with Crippen molar-refractivity contribution in [3.8, 4) is 11.3 Å². The summed E-state index contributed by atoms with van der Waals surface area (Å²) in [5, 5.41) is 4.55. The zero-order valence-corrected chi connectivity index (χ0v) is 10.6. The summed E-state index contributed by atoms with van der Waals surface area (Å²) in [5.74, 6) is 0. The second-order valence-corrected chi connectivity index (χ2v) is 5.00. The monoisotopic (exact) mass is 246 g/mol. The summed E-state index contributed by atoms with van der Waals surface area (Å²) in [7, 11) is 0. The van der Waals surface area contributed by atoms with E-state index in [2.05, 4.69) is 58.3 Å². The minimum atomic E-state index is 0.838. The van der Waals surface area contributed by atoms with Crippen molar-refractivity contribution in [1.29, 1.82) is 0 Å². The van der Waals surface area contributed by atoms with Gasteiger partial charge in [0.2, 0.25) is 0 Å². The molecule has 0 fully saturated rings. The second kappa shape index (κ2) is 4.09. The van der Waals surface area contributed by atoms with Gasteiger partial charge in [0.05, 0.1) is 18.4 Å². The van der Waals surface area contributed by atoms with Crippen LogP contribution in [0.5, 0.6) is 0 Å². The molecule has 19 heavy (non-hydrogen) atoms. The predicted molar refractivity (Wildman–Crippen MR) is 76.0 cm³/mol. The molecule has 3 aromatic rings. The van der Waals surface area contributed by atoms with E-state index >= 15 is 0 Å². The van der Waals surface area contributed by atoms with Crippen LogP contribution in [0.3, 0.4) is 0 Å². The maximum Gasteiger partial charge on any atom is 0.0724 e. The van der Waals surface area contributed by atoms with Crippen LogP contribution in [0.25, 0.3) is 11.3 Å². The standard InChI is InChI=1S/C17H14N2/c1-2-6-13(7-3-1)12-19-17-15(11-18-19)10-14-8-4-5-9-16(14)17/h1-9,11H,10,12H2. The van der Waals surface area contributed by atoms with Crippen molar-refractivity contribution in [2.24, 2.45) is 0 Å². The molecule has 0 bridgehead atoms. The molecule has 1 aliphatic carbocycles. The Balaban J connectivity index is 1.78. The number of aromatic nitrogens is 2. The van der Waals surface area contributed by atoms with Gasteiger partial charge in [-0.15, -0.1) is 0 Å². The highest BCUT2D eigenvalue weighted by Crippen LogP contribution is 2.36. The highest BCUT2D eigenvalue weighted by atomic mass is 15.3. The van der Waals surface area contributed by atoms with Crippen molar-refractivity contribution >= 4 is 0 Å². The molecule has 1 aromatic heterocycles. The van der Waals surface area contributed by atoms with Crippen molar-refractivity contribution in [1.82, 2.24) is 9.78 Å². The first-order chi connectivity index (χ1) is 9.42. The molecule has 0 saturated carbocycles. The van der Waals surface area contributed by atoms with E-state index in [1.54, 1.807) is 0 Å². The maximum absolute atomic E-state index is 4.55. The zero-order valence-electron chi connectivity index (χ0n) is 10.6. The third-order valence-electron chi connectivity index (χ3n) is 3.74. The van der Waals surface area contributed by atoms with Crippen LogP contribution in [0, 0.1) is 0 Å². The minimum absolute atomic E-state index is 0.838. The molecule has 2 nitrogen and oxygen atoms in total. The lowest BCUT2D eigenvalue weighted by Crippen LogP contribution is -2.03. The Kier molecular flexibility index (Phi) is 2.27. The van der Waals surface area contributed by atoms with Crippen molar-refractivity contribution in [2.45, 2.75) is 13.0 Å². The summed E-state index contributed by atoms with van der Waals surface area (Å²) >= 11 is 0. The highest BCUT2D eigenvalue weighted by molar-refractivity contribution is 5.73. The Morgan fingerprint density at radius 3 is 2.58 bits per heavy atom. The van der Waals surface area contributed by atoms with Gasteiger partial charge < -0.3 is 0 Å². The first-order valence-electron chi connectivity index (χ1n) is 6.59. The van der Waals surface area contributed by atoms with E-state index in [0.717, 1.165) is 13.0 Å². The molecule has 2 heteroatoms. The molecule has 1 heterocycles. The molecular formula is C17H14N2. The molecule has 0 amide bonds. The van der Waals surface area contributed by atoms with Crippen LogP contribution in [-0.4, -0.2) is 9.78 Å². The van der Waals surface area contributed by atoms with Gasteiger partial charge in [-0.3, -0.25) is 4.68 Å². The molecular weight excluding hydrogens is 232 g/mol. The smallest absolute Gasteiger partial charge is 0.0724 e.